The van der Waals surface area contributed by atoms with Gasteiger partial charge in [-0.1, -0.05) is 24.1 Å². The van der Waals surface area contributed by atoms with E-state index in [9.17, 15) is 9.65 Å². The Kier molecular flexibility index (Phi) is 7.06. The Labute approximate surface area is 269 Å². The van der Waals surface area contributed by atoms with Gasteiger partial charge in [-0.2, -0.15) is 15.2 Å². The minimum atomic E-state index is -0.663. The fourth-order valence-corrected chi connectivity index (χ4v) is 9.44. The van der Waals surface area contributed by atoms with Crippen LogP contribution in [0.15, 0.2) is 18.2 Å². The van der Waals surface area contributed by atoms with Crippen LogP contribution in [0.25, 0.3) is 32.1 Å². The Morgan fingerprint density at radius 3 is 2.62 bits per heavy atom. The topological polar surface area (TPSA) is 103 Å². The van der Waals surface area contributed by atoms with E-state index in [2.05, 4.69) is 26.2 Å². The molecule has 45 heavy (non-hydrogen) atoms. The Bertz CT molecular complexity index is 1880. The van der Waals surface area contributed by atoms with Gasteiger partial charge in [0, 0.05) is 47.9 Å². The molecule has 234 valence electrons. The van der Waals surface area contributed by atoms with Crippen LogP contribution in [-0.4, -0.2) is 66.3 Å². The molecular weight excluding hydrogens is 616 g/mol. The van der Waals surface area contributed by atoms with E-state index < -0.39 is 11.6 Å². The van der Waals surface area contributed by atoms with Crippen molar-refractivity contribution in [2.45, 2.75) is 50.5 Å². The van der Waals surface area contributed by atoms with Crippen molar-refractivity contribution in [2.75, 3.05) is 56.5 Å². The van der Waals surface area contributed by atoms with Gasteiger partial charge >= 0.3 is 6.01 Å². The van der Waals surface area contributed by atoms with Gasteiger partial charge in [-0.25, -0.2) is 8.78 Å². The molecule has 4 aliphatic rings. The van der Waals surface area contributed by atoms with Crippen LogP contribution in [0.5, 0.6) is 6.01 Å². The highest BCUT2D eigenvalue weighted by molar-refractivity contribution is 7.23. The van der Waals surface area contributed by atoms with Gasteiger partial charge in [-0.15, -0.1) is 11.3 Å². The Morgan fingerprint density at radius 1 is 1.09 bits per heavy atom. The third-order valence-electron chi connectivity index (χ3n) is 10.5. The van der Waals surface area contributed by atoms with Gasteiger partial charge in [0.1, 0.15) is 34.8 Å². The molecule has 0 amide bonds. The second kappa shape index (κ2) is 10.9. The first-order valence-electron chi connectivity index (χ1n) is 15.8. The maximum atomic E-state index is 17.0. The summed E-state index contributed by atoms with van der Waals surface area (Å²) >= 11 is 7.87. The molecule has 0 unspecified atom stereocenters. The quantitative estimate of drug-likeness (QED) is 0.253. The number of aromatic nitrogens is 2. The lowest BCUT2D eigenvalue weighted by Gasteiger charge is -2.44. The molecule has 2 aromatic heterocycles. The number of fused-ring (bicyclic) bond motifs is 3. The zero-order chi connectivity index (χ0) is 30.9. The van der Waals surface area contributed by atoms with Gasteiger partial charge in [0.05, 0.1) is 20.8 Å². The summed E-state index contributed by atoms with van der Waals surface area (Å²) in [5, 5.41) is 14.4. The lowest BCUT2D eigenvalue weighted by molar-refractivity contribution is 0.108. The molecule has 4 aliphatic heterocycles. The Balaban J connectivity index is 1.30. The first-order valence-corrected chi connectivity index (χ1v) is 17.0. The van der Waals surface area contributed by atoms with Crippen molar-refractivity contribution in [1.82, 2.24) is 20.2 Å². The predicted octanol–water partition coefficient (Wildman–Crippen LogP) is 6.48. The second-order valence-corrected chi connectivity index (χ2v) is 14.7. The van der Waals surface area contributed by atoms with Crippen molar-refractivity contribution in [1.29, 1.82) is 5.26 Å². The van der Waals surface area contributed by atoms with Crippen molar-refractivity contribution in [3.05, 3.63) is 40.4 Å². The van der Waals surface area contributed by atoms with E-state index in [-0.39, 0.29) is 53.7 Å². The molecule has 12 heteroatoms. The number of benzene rings is 2. The van der Waals surface area contributed by atoms with E-state index in [0.717, 1.165) is 95.6 Å². The average molecular weight is 650 g/mol. The van der Waals surface area contributed by atoms with Crippen LogP contribution < -0.4 is 20.7 Å². The molecule has 8 rings (SSSR count). The predicted molar refractivity (Wildman–Crippen MR) is 174 cm³/mol. The Hall–Kier alpha value is -3.30. The van der Waals surface area contributed by atoms with E-state index in [0.29, 0.717) is 23.4 Å². The number of rotatable bonds is 5. The number of anilines is 2. The maximum absolute atomic E-state index is 17.0. The second-order valence-electron chi connectivity index (χ2n) is 13.2. The van der Waals surface area contributed by atoms with E-state index >= 15 is 4.39 Å². The highest BCUT2D eigenvalue weighted by Gasteiger charge is 2.45. The molecule has 4 saturated heterocycles. The first-order chi connectivity index (χ1) is 21.8. The molecule has 0 radical (unpaired) electrons. The minimum absolute atomic E-state index is 0.0290. The van der Waals surface area contributed by atoms with Crippen LogP contribution in [-0.2, 0) is 0 Å². The number of nitrogens with two attached hydrogens (primary N) is 1. The molecular formula is C33H34ClF2N7OS. The molecule has 6 heterocycles. The summed E-state index contributed by atoms with van der Waals surface area (Å²) in [6.45, 7) is 6.05. The zero-order valence-electron chi connectivity index (χ0n) is 24.9. The lowest BCUT2D eigenvalue weighted by Crippen LogP contribution is -2.58. The molecule has 0 bridgehead atoms. The third-order valence-corrected chi connectivity index (χ3v) is 11.9. The summed E-state index contributed by atoms with van der Waals surface area (Å²) < 4.78 is 38.5. The van der Waals surface area contributed by atoms with Crippen molar-refractivity contribution in [3.63, 3.8) is 0 Å². The van der Waals surface area contributed by atoms with Crippen LogP contribution in [0.2, 0.25) is 5.02 Å². The van der Waals surface area contributed by atoms with E-state index in [1.165, 1.54) is 12.1 Å². The summed E-state index contributed by atoms with van der Waals surface area (Å²) in [5.41, 5.74) is 6.75. The normalized spacial score (nSPS) is 20.8. The standard InChI is InChI=1S/C33H34ClF2N7OS/c34-22-13-20-27(26(36)25(22)19-5-6-23(35)28-24(19)21(14-37)29(38)45-28)40-31(44-18-33-8-3-11-43(33)12-4-9-33)41-30(20)42-10-2-1-7-32(17-42)15-39-16-32/h5-6,13,39H,1-4,7-12,15-18,38H2. The van der Waals surface area contributed by atoms with Crippen LogP contribution in [0.4, 0.5) is 19.6 Å². The third kappa shape index (κ3) is 4.63. The summed E-state index contributed by atoms with van der Waals surface area (Å²) in [6, 6.07) is 6.63. The molecule has 3 N–H and O–H groups in total. The smallest absolute Gasteiger partial charge is 0.319 e. The van der Waals surface area contributed by atoms with E-state index in [1.54, 1.807) is 6.07 Å². The van der Waals surface area contributed by atoms with Crippen LogP contribution in [0, 0.1) is 28.4 Å². The maximum Gasteiger partial charge on any atom is 0.319 e. The van der Waals surface area contributed by atoms with Gasteiger partial charge in [0.15, 0.2) is 5.82 Å². The van der Waals surface area contributed by atoms with Gasteiger partial charge < -0.3 is 20.7 Å². The molecule has 8 nitrogen and oxygen atoms in total. The largest absolute Gasteiger partial charge is 0.461 e. The first kappa shape index (κ1) is 29.1. The van der Waals surface area contributed by atoms with Gasteiger partial charge in [0.2, 0.25) is 0 Å². The van der Waals surface area contributed by atoms with Crippen LogP contribution >= 0.6 is 22.9 Å². The van der Waals surface area contributed by atoms with Gasteiger partial charge in [-0.3, -0.25) is 4.90 Å². The number of hydrogen-bond acceptors (Lipinski definition) is 9. The van der Waals surface area contributed by atoms with Crippen molar-refractivity contribution >= 4 is 54.7 Å². The number of halogens is 3. The van der Waals surface area contributed by atoms with Gasteiger partial charge in [-0.05, 0) is 69.3 Å². The number of thiophene rings is 1. The number of nitrogens with one attached hydrogen (secondary N) is 1. The molecule has 0 atom stereocenters. The minimum Gasteiger partial charge on any atom is -0.461 e. The van der Waals surface area contributed by atoms with Gasteiger partial charge in [0.25, 0.3) is 0 Å². The zero-order valence-corrected chi connectivity index (χ0v) is 26.5. The summed E-state index contributed by atoms with van der Waals surface area (Å²) in [6.07, 6.45) is 7.65. The fraction of sp³-hybridized carbons (Fsp3) is 0.485. The van der Waals surface area contributed by atoms with Crippen molar-refractivity contribution < 1.29 is 13.5 Å². The fourth-order valence-electron chi connectivity index (χ4n) is 8.19. The molecule has 4 fully saturated rings. The van der Waals surface area contributed by atoms with E-state index in [1.807, 2.05) is 0 Å². The molecule has 0 aliphatic carbocycles. The molecule has 4 aromatic rings. The van der Waals surface area contributed by atoms with E-state index in [4.69, 9.17) is 27.1 Å². The Morgan fingerprint density at radius 2 is 1.89 bits per heavy atom. The molecule has 0 saturated carbocycles. The van der Waals surface area contributed by atoms with Crippen molar-refractivity contribution in [2.24, 2.45) is 5.41 Å². The number of nitrogen functional groups attached to an aromatic ring is 1. The summed E-state index contributed by atoms with van der Waals surface area (Å²) in [4.78, 5) is 14.4. The highest BCUT2D eigenvalue weighted by Crippen LogP contribution is 2.46. The molecule has 1 spiro atoms. The number of nitriles is 1. The average Bonchev–Trinajstić information content (AvgIpc) is 3.63. The summed E-state index contributed by atoms with van der Waals surface area (Å²) in [5.74, 6) is -0.578. The molecule has 2 aromatic carbocycles. The van der Waals surface area contributed by atoms with Crippen molar-refractivity contribution in [3.8, 4) is 23.2 Å². The van der Waals surface area contributed by atoms with Crippen LogP contribution in [0.1, 0.15) is 50.5 Å². The summed E-state index contributed by atoms with van der Waals surface area (Å²) in [7, 11) is 0. The number of nitrogens with zero attached hydrogens (tertiary/aromatic N) is 5. The number of hydrogen-bond donors (Lipinski definition) is 2. The monoisotopic (exact) mass is 649 g/mol. The lowest BCUT2D eigenvalue weighted by atomic mass is 9.77. The van der Waals surface area contributed by atoms with Crippen LogP contribution in [0.3, 0.4) is 0 Å². The SMILES string of the molecule is N#Cc1c(N)sc2c(F)ccc(-c3c(Cl)cc4c(N5CCCCC6(CNC6)C5)nc(OCC56CCCN5CCC6)nc4c3F)c12. The highest BCUT2D eigenvalue weighted by atomic mass is 35.5. The number of ether oxygens (including phenoxy) is 1.